The van der Waals surface area contributed by atoms with E-state index in [2.05, 4.69) is 4.98 Å². The lowest BCUT2D eigenvalue weighted by Gasteiger charge is -1.69. The minimum atomic E-state index is 0.590. The summed E-state index contributed by atoms with van der Waals surface area (Å²) in [5.41, 5.74) is 0.590. The number of nitrogens with zero attached hydrogens (tertiary/aromatic N) is 3. The molecule has 0 heterocycles. The molecule has 0 amide bonds. The molecule has 1 rings (SSSR count). The average Bonchev–Trinajstić information content (AvgIpc) is 2.08. The summed E-state index contributed by atoms with van der Waals surface area (Å²) in [6.07, 6.45) is 0. The number of rotatable bonds is 0. The summed E-state index contributed by atoms with van der Waals surface area (Å²) >= 11 is 0. The third kappa shape index (κ3) is 4.54. The molecule has 0 unspecified atom stereocenters. The SMILES string of the molecule is N#[N+]c1ccccc1.O=N[O-]. The molecule has 5 heteroatoms. The van der Waals surface area contributed by atoms with Gasteiger partial charge in [-0.05, 0) is 0 Å². The zero-order valence-electron chi connectivity index (χ0n) is 5.54. The highest BCUT2D eigenvalue weighted by Crippen LogP contribution is 2.07. The maximum atomic E-state index is 8.16. The Labute approximate surface area is 62.8 Å². The van der Waals surface area contributed by atoms with Crippen LogP contribution in [0.3, 0.4) is 0 Å². The van der Waals surface area contributed by atoms with E-state index >= 15 is 0 Å². The standard InChI is InChI=1S/C6H5N2.HNO2/c7-8-6-4-2-1-3-5-6;2-1-3/h1-5H;(H,2,3)/q+1;/p-1. The highest BCUT2D eigenvalue weighted by molar-refractivity contribution is 5.42. The molecule has 0 N–H and O–H groups in total. The number of benzene rings is 1. The van der Waals surface area contributed by atoms with Gasteiger partial charge in [-0.25, -0.2) is 0 Å². The first-order valence-corrected chi connectivity index (χ1v) is 2.70. The van der Waals surface area contributed by atoms with Gasteiger partial charge < -0.3 is 10.1 Å². The van der Waals surface area contributed by atoms with Crippen molar-refractivity contribution in [3.05, 3.63) is 45.4 Å². The Bertz CT molecular complexity index is 242. The molecule has 0 aliphatic carbocycles. The first-order chi connectivity index (χ1) is 5.35. The first kappa shape index (κ1) is 9.04. The molecular formula is C6H5N3O2. The minimum Gasteiger partial charge on any atom is -0.444 e. The molecule has 0 aliphatic rings. The van der Waals surface area contributed by atoms with Gasteiger partial charge in [0.15, 0.2) is 4.98 Å². The van der Waals surface area contributed by atoms with Crippen LogP contribution in [-0.4, -0.2) is 0 Å². The Morgan fingerprint density at radius 2 is 1.82 bits per heavy atom. The molecule has 0 saturated carbocycles. The zero-order chi connectivity index (χ0) is 8.53. The molecule has 56 valence electrons. The molecule has 1 aromatic rings. The van der Waals surface area contributed by atoms with Crippen molar-refractivity contribution in [2.24, 2.45) is 5.34 Å². The molecule has 0 atom stereocenters. The van der Waals surface area contributed by atoms with Crippen LogP contribution >= 0.6 is 0 Å². The van der Waals surface area contributed by atoms with Crippen LogP contribution in [0.2, 0.25) is 0 Å². The molecular weight excluding hydrogens is 146 g/mol. The molecule has 0 bridgehead atoms. The van der Waals surface area contributed by atoms with E-state index in [4.69, 9.17) is 15.5 Å². The monoisotopic (exact) mass is 151 g/mol. The van der Waals surface area contributed by atoms with Gasteiger partial charge in [-0.15, -0.1) is 5.34 Å². The summed E-state index contributed by atoms with van der Waals surface area (Å²) in [7, 11) is 0. The van der Waals surface area contributed by atoms with Gasteiger partial charge in [0.2, 0.25) is 5.39 Å². The Kier molecular flexibility index (Phi) is 5.07. The molecule has 0 radical (unpaired) electrons. The van der Waals surface area contributed by atoms with Gasteiger partial charge in [0.25, 0.3) is 0 Å². The van der Waals surface area contributed by atoms with Crippen LogP contribution in [0.5, 0.6) is 0 Å². The first-order valence-electron chi connectivity index (χ1n) is 2.70. The number of diazo groups is 1. The lowest BCUT2D eigenvalue weighted by atomic mass is 10.3. The van der Waals surface area contributed by atoms with Gasteiger partial charge in [0.05, 0.1) is 0 Å². The fraction of sp³-hybridized carbons (Fsp3) is 0. The van der Waals surface area contributed by atoms with E-state index in [-0.39, 0.29) is 0 Å². The van der Waals surface area contributed by atoms with Crippen molar-refractivity contribution >= 4 is 5.69 Å². The van der Waals surface area contributed by atoms with Crippen LogP contribution in [0, 0.1) is 15.5 Å². The van der Waals surface area contributed by atoms with Gasteiger partial charge in [0, 0.05) is 12.1 Å². The number of hydrogen-bond acceptors (Lipinski definition) is 4. The van der Waals surface area contributed by atoms with Crippen molar-refractivity contribution in [3.8, 4) is 0 Å². The largest absolute Gasteiger partial charge is 0.444 e. The Hall–Kier alpha value is -1.96. The third-order valence-corrected chi connectivity index (χ3v) is 0.872. The molecule has 0 aromatic heterocycles. The second-order valence-corrected chi connectivity index (χ2v) is 1.51. The van der Waals surface area contributed by atoms with Gasteiger partial charge in [-0.1, -0.05) is 18.2 Å². The van der Waals surface area contributed by atoms with E-state index in [0.717, 1.165) is 5.34 Å². The van der Waals surface area contributed by atoms with E-state index in [0.29, 0.717) is 5.69 Å². The smallest absolute Gasteiger partial charge is 0.385 e. The summed E-state index contributed by atoms with van der Waals surface area (Å²) in [6.45, 7) is 0. The van der Waals surface area contributed by atoms with Gasteiger partial charge in [0.1, 0.15) is 0 Å². The highest BCUT2D eigenvalue weighted by atomic mass is 16.6. The highest BCUT2D eigenvalue weighted by Gasteiger charge is 1.95. The fourth-order valence-corrected chi connectivity index (χ4v) is 0.495. The van der Waals surface area contributed by atoms with Crippen molar-refractivity contribution in [2.45, 2.75) is 0 Å². The van der Waals surface area contributed by atoms with E-state index in [9.17, 15) is 0 Å². The molecule has 0 saturated heterocycles. The minimum absolute atomic E-state index is 0.590. The topological polar surface area (TPSA) is 80.6 Å². The van der Waals surface area contributed by atoms with E-state index in [1.165, 1.54) is 0 Å². The Balaban J connectivity index is 0.000000292. The molecule has 5 nitrogen and oxygen atoms in total. The van der Waals surface area contributed by atoms with E-state index < -0.39 is 0 Å². The second kappa shape index (κ2) is 6.16. The normalized spacial score (nSPS) is 6.82. The van der Waals surface area contributed by atoms with Crippen molar-refractivity contribution in [1.29, 1.82) is 5.39 Å². The summed E-state index contributed by atoms with van der Waals surface area (Å²) in [5.74, 6) is 0. The summed E-state index contributed by atoms with van der Waals surface area (Å²) in [5, 5.41) is 17.2. The summed E-state index contributed by atoms with van der Waals surface area (Å²) in [6, 6.07) is 8.94. The summed E-state index contributed by atoms with van der Waals surface area (Å²) in [4.78, 5) is 11.0. The molecule has 0 fully saturated rings. The van der Waals surface area contributed by atoms with Crippen LogP contribution in [0.4, 0.5) is 5.69 Å². The van der Waals surface area contributed by atoms with Crippen LogP contribution in [-0.2, 0) is 0 Å². The van der Waals surface area contributed by atoms with Gasteiger partial charge >= 0.3 is 5.69 Å². The zero-order valence-corrected chi connectivity index (χ0v) is 5.54. The maximum Gasteiger partial charge on any atom is 0.385 e. The van der Waals surface area contributed by atoms with Crippen LogP contribution in [0.1, 0.15) is 0 Å². The van der Waals surface area contributed by atoms with Gasteiger partial charge in [-0.2, -0.15) is 0 Å². The van der Waals surface area contributed by atoms with Crippen LogP contribution in [0.25, 0.3) is 4.98 Å². The number of hydrogen-bond donors (Lipinski definition) is 0. The molecule has 0 spiro atoms. The average molecular weight is 151 g/mol. The Morgan fingerprint density at radius 1 is 1.36 bits per heavy atom. The molecule has 0 aliphatic heterocycles. The van der Waals surface area contributed by atoms with Crippen molar-refractivity contribution in [3.63, 3.8) is 0 Å². The quantitative estimate of drug-likeness (QED) is 0.324. The third-order valence-electron chi connectivity index (χ3n) is 0.872. The second-order valence-electron chi connectivity index (χ2n) is 1.51. The van der Waals surface area contributed by atoms with E-state index in [1.807, 2.05) is 18.2 Å². The maximum absolute atomic E-state index is 8.16. The predicted molar refractivity (Wildman–Crippen MR) is 40.3 cm³/mol. The van der Waals surface area contributed by atoms with Crippen molar-refractivity contribution < 1.29 is 0 Å². The van der Waals surface area contributed by atoms with Crippen LogP contribution in [0.15, 0.2) is 35.7 Å². The van der Waals surface area contributed by atoms with Crippen molar-refractivity contribution in [2.75, 3.05) is 0 Å². The summed E-state index contributed by atoms with van der Waals surface area (Å²) < 4.78 is 0. The Morgan fingerprint density at radius 3 is 2.09 bits per heavy atom. The molecule has 1 aromatic carbocycles. The lowest BCUT2D eigenvalue weighted by Crippen LogP contribution is -1.54. The fourth-order valence-electron chi connectivity index (χ4n) is 0.495. The van der Waals surface area contributed by atoms with E-state index in [1.54, 1.807) is 12.1 Å². The molecule has 11 heavy (non-hydrogen) atoms. The lowest BCUT2D eigenvalue weighted by molar-refractivity contribution is 1.46. The predicted octanol–water partition coefficient (Wildman–Crippen LogP) is 2.42. The van der Waals surface area contributed by atoms with Crippen molar-refractivity contribution in [1.82, 2.24) is 0 Å². The van der Waals surface area contributed by atoms with Crippen LogP contribution < -0.4 is 0 Å². The van der Waals surface area contributed by atoms with Gasteiger partial charge in [-0.3, -0.25) is 0 Å².